The fourth-order valence-electron chi connectivity index (χ4n) is 2.92. The summed E-state index contributed by atoms with van der Waals surface area (Å²) in [4.78, 5) is 23.8. The number of aromatic nitrogens is 5. The lowest BCUT2D eigenvalue weighted by Crippen LogP contribution is -2.28. The molecule has 2 N–H and O–H groups in total. The number of nitrogens with zero attached hydrogens (tertiary/aromatic N) is 4. The Bertz CT molecular complexity index is 1150. The van der Waals surface area contributed by atoms with Gasteiger partial charge in [-0.2, -0.15) is 10.1 Å². The molecule has 4 aromatic heterocycles. The van der Waals surface area contributed by atoms with Gasteiger partial charge in [-0.25, -0.2) is 18.3 Å². The molecule has 0 aromatic carbocycles. The number of halogens is 2. The first-order chi connectivity index (χ1) is 13.6. The van der Waals surface area contributed by atoms with Crippen molar-refractivity contribution < 1.29 is 18.3 Å². The largest absolute Gasteiger partial charge is 0.464 e. The predicted molar refractivity (Wildman–Crippen MR) is 97.6 cm³/mol. The average molecular weight is 386 g/mol. The van der Waals surface area contributed by atoms with Crippen LogP contribution in [0.25, 0.3) is 27.7 Å². The van der Waals surface area contributed by atoms with Gasteiger partial charge in [-0.3, -0.25) is 4.79 Å². The third-order valence-corrected chi connectivity index (χ3v) is 4.18. The summed E-state index contributed by atoms with van der Waals surface area (Å²) in [7, 11) is 0. The molecule has 0 radical (unpaired) electrons. The minimum atomic E-state index is -2.62. The second-order valence-corrected chi connectivity index (χ2v) is 5.95. The third kappa shape index (κ3) is 3.24. The molecule has 4 heterocycles. The Hall–Kier alpha value is -3.56. The van der Waals surface area contributed by atoms with Crippen LogP contribution in [0.2, 0.25) is 0 Å². The zero-order valence-electron chi connectivity index (χ0n) is 14.8. The van der Waals surface area contributed by atoms with Crippen LogP contribution in [0, 0.1) is 0 Å². The van der Waals surface area contributed by atoms with Gasteiger partial charge in [-0.1, -0.05) is 0 Å². The number of nitrogens with one attached hydrogen (secondary N) is 2. The van der Waals surface area contributed by atoms with E-state index in [0.29, 0.717) is 17.8 Å². The van der Waals surface area contributed by atoms with Gasteiger partial charge in [0, 0.05) is 29.5 Å². The van der Waals surface area contributed by atoms with Crippen molar-refractivity contribution in [1.29, 1.82) is 0 Å². The highest BCUT2D eigenvalue weighted by atomic mass is 19.3. The maximum Gasteiger partial charge on any atom is 0.318 e. The summed E-state index contributed by atoms with van der Waals surface area (Å²) in [6.07, 6.45) is 3.88. The zero-order chi connectivity index (χ0) is 19.7. The molecule has 0 atom stereocenters. The number of fused-ring (bicyclic) bond motifs is 2. The number of ether oxygens (including phenoxy) is 1. The van der Waals surface area contributed by atoms with Crippen molar-refractivity contribution in [3.63, 3.8) is 0 Å². The van der Waals surface area contributed by atoms with Crippen LogP contribution in [0.4, 0.5) is 8.78 Å². The van der Waals surface area contributed by atoms with Crippen LogP contribution < -0.4 is 10.1 Å². The maximum absolute atomic E-state index is 12.4. The van der Waals surface area contributed by atoms with E-state index in [2.05, 4.69) is 25.4 Å². The van der Waals surface area contributed by atoms with Crippen molar-refractivity contribution in [2.75, 3.05) is 13.2 Å². The van der Waals surface area contributed by atoms with Crippen molar-refractivity contribution in [2.24, 2.45) is 0 Å². The first-order valence-electron chi connectivity index (χ1n) is 8.58. The molecule has 0 saturated carbocycles. The van der Waals surface area contributed by atoms with Gasteiger partial charge in [0.05, 0.1) is 30.4 Å². The number of alkyl halides is 2. The normalized spacial score (nSPS) is 11.4. The van der Waals surface area contributed by atoms with Crippen LogP contribution in [0.15, 0.2) is 36.9 Å². The highest BCUT2D eigenvalue weighted by Gasteiger charge is 2.16. The molecule has 0 saturated heterocycles. The number of carbonyl (C=O) groups is 1. The van der Waals surface area contributed by atoms with E-state index in [-0.39, 0.29) is 11.6 Å². The number of hydrogen-bond acceptors (Lipinski definition) is 5. The van der Waals surface area contributed by atoms with Gasteiger partial charge in [0.2, 0.25) is 0 Å². The Morgan fingerprint density at radius 1 is 1.39 bits per heavy atom. The molecular formula is C18H16F2N6O2. The minimum absolute atomic E-state index is 0.220. The molecule has 0 unspecified atom stereocenters. The summed E-state index contributed by atoms with van der Waals surface area (Å²) in [6, 6.07) is 3.89. The minimum Gasteiger partial charge on any atom is -0.464 e. The van der Waals surface area contributed by atoms with Gasteiger partial charge in [-0.15, -0.1) is 0 Å². The number of amides is 1. The first kappa shape index (κ1) is 17.8. The van der Waals surface area contributed by atoms with Gasteiger partial charge in [0.1, 0.15) is 5.65 Å². The predicted octanol–water partition coefficient (Wildman–Crippen LogP) is 2.67. The van der Waals surface area contributed by atoms with E-state index in [1.165, 1.54) is 10.7 Å². The van der Waals surface area contributed by atoms with E-state index < -0.39 is 18.9 Å². The van der Waals surface area contributed by atoms with Gasteiger partial charge in [0.25, 0.3) is 12.3 Å². The Balaban J connectivity index is 1.72. The number of aromatic amines is 1. The molecule has 8 nitrogen and oxygen atoms in total. The third-order valence-electron chi connectivity index (χ3n) is 4.18. The van der Waals surface area contributed by atoms with Crippen LogP contribution in [-0.4, -0.2) is 50.1 Å². The van der Waals surface area contributed by atoms with E-state index in [0.717, 1.165) is 16.5 Å². The van der Waals surface area contributed by atoms with Crippen molar-refractivity contribution in [1.82, 2.24) is 29.9 Å². The molecule has 0 fully saturated rings. The highest BCUT2D eigenvalue weighted by molar-refractivity contribution is 6.02. The summed E-state index contributed by atoms with van der Waals surface area (Å²) in [5.74, 6) is -0.601. The summed E-state index contributed by atoms with van der Waals surface area (Å²) in [6.45, 7) is 1.61. The number of pyridine rings is 1. The molecule has 4 rings (SSSR count). The van der Waals surface area contributed by atoms with Crippen molar-refractivity contribution >= 4 is 22.5 Å². The van der Waals surface area contributed by atoms with E-state index in [4.69, 9.17) is 4.74 Å². The summed E-state index contributed by atoms with van der Waals surface area (Å²) in [5, 5.41) is 7.09. The van der Waals surface area contributed by atoms with Crippen LogP contribution in [0.1, 0.15) is 17.3 Å². The highest BCUT2D eigenvalue weighted by Crippen LogP contribution is 2.29. The fourth-order valence-corrected chi connectivity index (χ4v) is 2.92. The molecule has 144 valence electrons. The molecule has 4 aromatic rings. The lowest BCUT2D eigenvalue weighted by atomic mass is 10.1. The van der Waals surface area contributed by atoms with Gasteiger partial charge >= 0.3 is 6.01 Å². The molecule has 0 aliphatic carbocycles. The van der Waals surface area contributed by atoms with Crippen LogP contribution >= 0.6 is 0 Å². The van der Waals surface area contributed by atoms with Gasteiger partial charge < -0.3 is 15.0 Å². The second-order valence-electron chi connectivity index (χ2n) is 5.95. The fraction of sp³-hybridized carbons (Fsp3) is 0.222. The SMILES string of the molecule is CCOc1ncc2c(-c3ccn4ncc(C(=O)NCC(F)F)c4c3)c[nH]c2n1. The lowest BCUT2D eigenvalue weighted by molar-refractivity contribution is 0.0893. The monoisotopic (exact) mass is 386 g/mol. The van der Waals surface area contributed by atoms with Gasteiger partial charge in [-0.05, 0) is 24.6 Å². The summed E-state index contributed by atoms with van der Waals surface area (Å²) < 4.78 is 31.6. The average Bonchev–Trinajstić information content (AvgIpc) is 3.29. The molecule has 0 bridgehead atoms. The number of hydrogen-bond donors (Lipinski definition) is 2. The van der Waals surface area contributed by atoms with Crippen molar-refractivity contribution in [2.45, 2.75) is 13.3 Å². The Labute approximate surface area is 157 Å². The van der Waals surface area contributed by atoms with Crippen LogP contribution in [0.3, 0.4) is 0 Å². The maximum atomic E-state index is 12.4. The first-order valence-corrected chi connectivity index (χ1v) is 8.58. The Morgan fingerprint density at radius 3 is 3.04 bits per heavy atom. The summed E-state index contributed by atoms with van der Waals surface area (Å²) in [5.41, 5.74) is 2.98. The zero-order valence-corrected chi connectivity index (χ0v) is 14.8. The van der Waals surface area contributed by atoms with E-state index in [1.807, 2.05) is 13.0 Å². The standard InChI is InChI=1S/C18H16F2N6O2/c1-2-28-18-23-7-12-11(6-21-16(12)25-18)10-3-4-26-14(5-10)13(8-24-26)17(27)22-9-15(19)20/h3-8,15H,2,9H2,1H3,(H,22,27)(H,21,23,25). The topological polar surface area (TPSA) is 97.2 Å². The Kier molecular flexibility index (Phi) is 4.60. The molecular weight excluding hydrogens is 370 g/mol. The second kappa shape index (κ2) is 7.22. The molecule has 1 amide bonds. The van der Waals surface area contributed by atoms with E-state index >= 15 is 0 Å². The number of H-pyrrole nitrogens is 1. The smallest absolute Gasteiger partial charge is 0.318 e. The number of carbonyl (C=O) groups excluding carboxylic acids is 1. The van der Waals surface area contributed by atoms with Crippen molar-refractivity contribution in [3.8, 4) is 17.1 Å². The quantitative estimate of drug-likeness (QED) is 0.531. The Morgan fingerprint density at radius 2 is 2.25 bits per heavy atom. The van der Waals surface area contributed by atoms with E-state index in [9.17, 15) is 13.6 Å². The van der Waals surface area contributed by atoms with Crippen molar-refractivity contribution in [3.05, 3.63) is 42.5 Å². The molecule has 28 heavy (non-hydrogen) atoms. The van der Waals surface area contributed by atoms with Gasteiger partial charge in [0.15, 0.2) is 0 Å². The van der Waals surface area contributed by atoms with Crippen LogP contribution in [-0.2, 0) is 0 Å². The van der Waals surface area contributed by atoms with E-state index in [1.54, 1.807) is 24.7 Å². The molecule has 0 spiro atoms. The molecule has 0 aliphatic heterocycles. The molecule has 0 aliphatic rings. The lowest BCUT2D eigenvalue weighted by Gasteiger charge is -2.05. The van der Waals surface area contributed by atoms with Crippen LogP contribution in [0.5, 0.6) is 6.01 Å². The number of rotatable bonds is 6. The summed E-state index contributed by atoms with van der Waals surface area (Å²) >= 11 is 0. The molecule has 10 heteroatoms.